The molecule has 1 nitrogen and oxygen atoms in total. The van der Waals surface area contributed by atoms with Gasteiger partial charge < -0.3 is 4.90 Å². The molecule has 4 aliphatic carbocycles. The smallest absolute Gasteiger partial charge is 0.0714 e. The number of hydrogen-bond acceptors (Lipinski definition) is 1. The standard InChI is InChI=1S/C57H43N/c1-4-17-40(18-5-1)42-20-16-25-47(38-42)58(56-30-15-13-27-51(56)44-33-35-50-43(37-44)32-31-41-19-10-11-26-49(41)50)48-34-36-53-52-28-12-14-29-54(52)57(55(53)39-48,45-21-6-2-7-22-45)46-23-8-3-9-24-46/h1-26,28-30,32-39,41,51H,27,31H2. The van der Waals surface area contributed by atoms with Crippen LogP contribution in [0.2, 0.25) is 0 Å². The maximum atomic E-state index is 2.55. The Balaban J connectivity index is 1.13. The van der Waals surface area contributed by atoms with E-state index in [9.17, 15) is 0 Å². The van der Waals surface area contributed by atoms with Crippen molar-refractivity contribution in [1.29, 1.82) is 0 Å². The van der Waals surface area contributed by atoms with Crippen LogP contribution in [0.15, 0.2) is 224 Å². The van der Waals surface area contributed by atoms with Gasteiger partial charge in [-0.15, -0.1) is 0 Å². The zero-order valence-corrected chi connectivity index (χ0v) is 32.4. The third-order valence-electron chi connectivity index (χ3n) is 12.8. The highest BCUT2D eigenvalue weighted by atomic mass is 15.2. The van der Waals surface area contributed by atoms with Crippen LogP contribution < -0.4 is 15.3 Å². The van der Waals surface area contributed by atoms with Crippen LogP contribution in [0.4, 0.5) is 11.4 Å². The quantitative estimate of drug-likeness (QED) is 0.157. The van der Waals surface area contributed by atoms with Crippen LogP contribution in [-0.2, 0) is 5.41 Å². The summed E-state index contributed by atoms with van der Waals surface area (Å²) in [6, 6.07) is 65.6. The first-order chi connectivity index (χ1) is 28.8. The van der Waals surface area contributed by atoms with E-state index in [1.54, 1.807) is 0 Å². The maximum absolute atomic E-state index is 2.55. The third kappa shape index (κ3) is 5.53. The van der Waals surface area contributed by atoms with Gasteiger partial charge in [-0.3, -0.25) is 0 Å². The number of rotatable bonds is 7. The molecular formula is C57H43N. The van der Waals surface area contributed by atoms with E-state index < -0.39 is 5.41 Å². The van der Waals surface area contributed by atoms with E-state index in [2.05, 4.69) is 229 Å². The lowest BCUT2D eigenvalue weighted by atomic mass is 9.67. The summed E-state index contributed by atoms with van der Waals surface area (Å²) in [5.74, 6) is 0.626. The fourth-order valence-electron chi connectivity index (χ4n) is 10.2. The Morgan fingerprint density at radius 1 is 0.517 bits per heavy atom. The van der Waals surface area contributed by atoms with Crippen molar-refractivity contribution in [2.75, 3.05) is 4.90 Å². The van der Waals surface area contributed by atoms with Gasteiger partial charge >= 0.3 is 0 Å². The van der Waals surface area contributed by atoms with E-state index >= 15 is 0 Å². The summed E-state index contributed by atoms with van der Waals surface area (Å²) in [7, 11) is 0. The van der Waals surface area contributed by atoms with E-state index in [1.165, 1.54) is 71.8 Å². The highest BCUT2D eigenvalue weighted by Crippen LogP contribution is 2.57. The lowest BCUT2D eigenvalue weighted by Gasteiger charge is -2.37. The molecule has 0 bridgehead atoms. The van der Waals surface area contributed by atoms with Gasteiger partial charge in [-0.2, -0.15) is 0 Å². The normalized spacial score (nSPS) is 18.0. The van der Waals surface area contributed by atoms with Crippen LogP contribution >= 0.6 is 0 Å². The van der Waals surface area contributed by atoms with Crippen LogP contribution in [0.25, 0.3) is 33.9 Å². The van der Waals surface area contributed by atoms with Gasteiger partial charge in [0.2, 0.25) is 0 Å². The van der Waals surface area contributed by atoms with E-state index in [0.717, 1.165) is 24.2 Å². The molecule has 4 aliphatic rings. The molecule has 58 heavy (non-hydrogen) atoms. The van der Waals surface area contributed by atoms with Crippen LogP contribution in [0.3, 0.4) is 0 Å². The second-order valence-electron chi connectivity index (χ2n) is 15.9. The molecule has 0 amide bonds. The maximum Gasteiger partial charge on any atom is 0.0714 e. The molecule has 0 radical (unpaired) electrons. The Labute approximate surface area is 341 Å². The minimum atomic E-state index is -0.491. The zero-order valence-electron chi connectivity index (χ0n) is 32.4. The summed E-state index contributed by atoms with van der Waals surface area (Å²) in [4.78, 5) is 2.55. The van der Waals surface area contributed by atoms with Crippen molar-refractivity contribution in [2.45, 2.75) is 24.2 Å². The van der Waals surface area contributed by atoms with Gasteiger partial charge in [0, 0.05) is 28.9 Å². The number of benzene rings is 7. The average molecular weight is 742 g/mol. The Hall–Kier alpha value is -6.96. The predicted molar refractivity (Wildman–Crippen MR) is 242 cm³/mol. The van der Waals surface area contributed by atoms with Crippen molar-refractivity contribution >= 4 is 23.0 Å². The van der Waals surface area contributed by atoms with E-state index in [1.807, 2.05) is 0 Å². The molecule has 0 N–H and O–H groups in total. The highest BCUT2D eigenvalue weighted by molar-refractivity contribution is 5.89. The second-order valence-corrected chi connectivity index (χ2v) is 15.9. The number of hydrogen-bond donors (Lipinski definition) is 0. The van der Waals surface area contributed by atoms with Crippen LogP contribution in [0, 0.1) is 5.92 Å². The number of fused-ring (bicyclic) bond motifs is 5. The molecule has 0 saturated carbocycles. The summed E-state index contributed by atoms with van der Waals surface area (Å²) < 4.78 is 0. The highest BCUT2D eigenvalue weighted by Gasteiger charge is 2.46. The van der Waals surface area contributed by atoms with Crippen molar-refractivity contribution < 1.29 is 0 Å². The van der Waals surface area contributed by atoms with Crippen molar-refractivity contribution in [3.63, 3.8) is 0 Å². The molecule has 0 aliphatic heterocycles. The SMILES string of the molecule is C1=CCC(c2ccc3c(c2)=CCC2C=CC=CC=32)C(N(c2cccc(-c3ccccc3)c2)c2ccc3c(c2)C(c2ccccc2)(c2ccccc2)c2ccccc2-3)=C1. The van der Waals surface area contributed by atoms with Crippen molar-refractivity contribution in [2.24, 2.45) is 5.92 Å². The summed E-state index contributed by atoms with van der Waals surface area (Å²) in [6.07, 6.45) is 20.4. The summed E-state index contributed by atoms with van der Waals surface area (Å²) in [5, 5.41) is 2.71. The first-order valence-electron chi connectivity index (χ1n) is 20.6. The second kappa shape index (κ2) is 14.2. The van der Waals surface area contributed by atoms with Gasteiger partial charge in [-0.25, -0.2) is 0 Å². The first-order valence-corrected chi connectivity index (χ1v) is 20.6. The van der Waals surface area contributed by atoms with E-state index in [0.29, 0.717) is 5.92 Å². The lowest BCUT2D eigenvalue weighted by molar-refractivity contribution is 0.762. The minimum absolute atomic E-state index is 0.159. The Kier molecular flexibility index (Phi) is 8.40. The Bertz CT molecular complexity index is 2910. The molecular weight excluding hydrogens is 699 g/mol. The molecule has 276 valence electrons. The molecule has 0 fully saturated rings. The van der Waals surface area contributed by atoms with E-state index in [-0.39, 0.29) is 5.92 Å². The molecule has 0 heterocycles. The van der Waals surface area contributed by atoms with Crippen LogP contribution in [0.5, 0.6) is 0 Å². The average Bonchev–Trinajstić information content (AvgIpc) is 3.60. The molecule has 2 unspecified atom stereocenters. The van der Waals surface area contributed by atoms with Crippen molar-refractivity contribution in [1.82, 2.24) is 0 Å². The molecule has 0 aromatic heterocycles. The topological polar surface area (TPSA) is 3.24 Å². The fourth-order valence-corrected chi connectivity index (χ4v) is 10.2. The fraction of sp³-hybridized carbons (Fsp3) is 0.0877. The largest absolute Gasteiger partial charge is 0.314 e. The van der Waals surface area contributed by atoms with E-state index in [4.69, 9.17) is 0 Å². The number of anilines is 2. The Morgan fingerprint density at radius 3 is 2.03 bits per heavy atom. The number of allylic oxidation sites excluding steroid dienone is 8. The van der Waals surface area contributed by atoms with Gasteiger partial charge in [0.1, 0.15) is 0 Å². The van der Waals surface area contributed by atoms with Crippen LogP contribution in [-0.4, -0.2) is 0 Å². The molecule has 7 aromatic rings. The summed E-state index contributed by atoms with van der Waals surface area (Å²) in [6.45, 7) is 0. The van der Waals surface area contributed by atoms with Gasteiger partial charge in [-0.05, 0) is 109 Å². The van der Waals surface area contributed by atoms with Gasteiger partial charge in [0.05, 0.1) is 5.41 Å². The first kappa shape index (κ1) is 34.3. The Morgan fingerprint density at radius 2 is 1.22 bits per heavy atom. The number of nitrogens with zero attached hydrogens (tertiary/aromatic N) is 1. The van der Waals surface area contributed by atoms with Crippen molar-refractivity contribution in [3.8, 4) is 22.3 Å². The molecule has 2 atom stereocenters. The molecule has 0 spiro atoms. The lowest BCUT2D eigenvalue weighted by Crippen LogP contribution is -2.33. The van der Waals surface area contributed by atoms with Gasteiger partial charge in [0.15, 0.2) is 0 Å². The van der Waals surface area contributed by atoms with Gasteiger partial charge in [0.25, 0.3) is 0 Å². The molecule has 1 heteroatoms. The third-order valence-corrected chi connectivity index (χ3v) is 12.8. The molecule has 0 saturated heterocycles. The van der Waals surface area contributed by atoms with Crippen molar-refractivity contribution in [3.05, 3.63) is 262 Å². The predicted octanol–water partition coefficient (Wildman–Crippen LogP) is 12.6. The summed E-state index contributed by atoms with van der Waals surface area (Å²) in [5.41, 5.74) is 16.0. The molecule has 7 aromatic carbocycles. The zero-order chi connectivity index (χ0) is 38.5. The molecule has 11 rings (SSSR count). The summed E-state index contributed by atoms with van der Waals surface area (Å²) >= 11 is 0. The van der Waals surface area contributed by atoms with Gasteiger partial charge in [-0.1, -0.05) is 194 Å². The monoisotopic (exact) mass is 741 g/mol. The minimum Gasteiger partial charge on any atom is -0.314 e. The van der Waals surface area contributed by atoms with Crippen LogP contribution in [0.1, 0.15) is 46.6 Å².